The highest BCUT2D eigenvalue weighted by atomic mass is 35.5. The Hall–Kier alpha value is -1.58. The molecule has 4 aliphatic rings. The Bertz CT molecular complexity index is 991. The van der Waals surface area contributed by atoms with Crippen molar-refractivity contribution < 1.29 is 22.7 Å². The van der Waals surface area contributed by atoms with Gasteiger partial charge in [-0.05, 0) is 82.5 Å². The van der Waals surface area contributed by atoms with Gasteiger partial charge in [-0.15, -0.1) is 25.6 Å². The Balaban J connectivity index is 0.00000259. The highest BCUT2D eigenvalue weighted by Crippen LogP contribution is 2.60. The predicted molar refractivity (Wildman–Crippen MR) is 125 cm³/mol. The van der Waals surface area contributed by atoms with Crippen LogP contribution in [-0.2, 0) is 4.79 Å². The molecule has 5 nitrogen and oxygen atoms in total. The Morgan fingerprint density at radius 3 is 2.27 bits per heavy atom. The molecule has 33 heavy (non-hydrogen) atoms. The van der Waals surface area contributed by atoms with Gasteiger partial charge in [0.2, 0.25) is 5.91 Å². The van der Waals surface area contributed by atoms with Crippen LogP contribution in [0.1, 0.15) is 38.5 Å². The third-order valence-electron chi connectivity index (χ3n) is 7.32. The van der Waals surface area contributed by atoms with E-state index in [1.807, 2.05) is 23.9 Å². The summed E-state index contributed by atoms with van der Waals surface area (Å²) in [6.07, 6.45) is 1.92. The molecular weight excluding hydrogens is 475 g/mol. The number of hydrogen-bond donors (Lipinski definition) is 0. The lowest BCUT2D eigenvalue weighted by Crippen LogP contribution is -2.55. The zero-order valence-corrected chi connectivity index (χ0v) is 20.4. The van der Waals surface area contributed by atoms with E-state index in [0.717, 1.165) is 19.3 Å². The first-order chi connectivity index (χ1) is 15.1. The molecule has 1 heterocycles. The van der Waals surface area contributed by atoms with E-state index in [1.165, 1.54) is 48.8 Å². The number of rotatable bonds is 6. The third kappa shape index (κ3) is 4.95. The SMILES string of the molecule is CN(C)CCN(C(=O)C12CC3CC(CC(C3)C1)C2)c1nc2ccc(OC(F)(F)F)cc2s1.Cl. The number of carbonyl (C=O) groups excluding carboxylic acids is 1. The zero-order chi connectivity index (χ0) is 22.7. The Kier molecular flexibility index (Phi) is 6.61. The van der Waals surface area contributed by atoms with Gasteiger partial charge in [-0.25, -0.2) is 4.98 Å². The number of carbonyl (C=O) groups is 1. The van der Waals surface area contributed by atoms with E-state index >= 15 is 0 Å². The fourth-order valence-corrected chi connectivity index (χ4v) is 7.47. The van der Waals surface area contributed by atoms with Crippen molar-refractivity contribution in [2.24, 2.45) is 23.2 Å². The summed E-state index contributed by atoms with van der Waals surface area (Å²) in [6.45, 7) is 1.20. The van der Waals surface area contributed by atoms with Gasteiger partial charge in [0.15, 0.2) is 5.13 Å². The minimum atomic E-state index is -4.74. The van der Waals surface area contributed by atoms with Gasteiger partial charge in [0, 0.05) is 19.2 Å². The molecule has 0 spiro atoms. The van der Waals surface area contributed by atoms with Crippen molar-refractivity contribution >= 4 is 45.0 Å². The molecule has 0 N–H and O–H groups in total. The van der Waals surface area contributed by atoms with Crippen LogP contribution in [0.3, 0.4) is 0 Å². The molecular formula is C23H29ClF3N3O2S. The number of fused-ring (bicyclic) bond motifs is 1. The number of thiazole rings is 1. The van der Waals surface area contributed by atoms with Crippen molar-refractivity contribution in [1.29, 1.82) is 0 Å². The fourth-order valence-electron chi connectivity index (χ4n) is 6.45. The number of anilines is 1. The lowest BCUT2D eigenvalue weighted by Gasteiger charge is -2.56. The molecule has 0 atom stereocenters. The molecule has 0 saturated heterocycles. The van der Waals surface area contributed by atoms with E-state index in [2.05, 4.69) is 9.72 Å². The van der Waals surface area contributed by atoms with Crippen molar-refractivity contribution in [3.63, 3.8) is 0 Å². The number of hydrogen-bond acceptors (Lipinski definition) is 5. The van der Waals surface area contributed by atoms with Crippen molar-refractivity contribution in [1.82, 2.24) is 9.88 Å². The largest absolute Gasteiger partial charge is 0.573 e. The van der Waals surface area contributed by atoms with Gasteiger partial charge in [0.1, 0.15) is 5.75 Å². The molecule has 182 valence electrons. The molecule has 4 bridgehead atoms. The molecule has 1 aromatic heterocycles. The van der Waals surface area contributed by atoms with Crippen LogP contribution in [-0.4, -0.2) is 49.3 Å². The lowest BCUT2D eigenvalue weighted by atomic mass is 9.49. The van der Waals surface area contributed by atoms with E-state index in [-0.39, 0.29) is 29.5 Å². The molecule has 6 rings (SSSR count). The van der Waals surface area contributed by atoms with Crippen LogP contribution < -0.4 is 9.64 Å². The number of likely N-dealkylation sites (N-methyl/N-ethyl adjacent to an activating group) is 1. The number of benzene rings is 1. The van der Waals surface area contributed by atoms with Crippen molar-refractivity contribution in [2.75, 3.05) is 32.1 Å². The van der Waals surface area contributed by atoms with Crippen LogP contribution >= 0.6 is 23.7 Å². The zero-order valence-electron chi connectivity index (χ0n) is 18.7. The molecule has 0 aliphatic heterocycles. The van der Waals surface area contributed by atoms with Crippen LogP contribution in [0.25, 0.3) is 10.2 Å². The van der Waals surface area contributed by atoms with Crippen LogP contribution in [0.15, 0.2) is 18.2 Å². The number of alkyl halides is 3. The number of nitrogens with zero attached hydrogens (tertiary/aromatic N) is 3. The number of amides is 1. The van der Waals surface area contributed by atoms with Gasteiger partial charge in [-0.1, -0.05) is 11.3 Å². The standard InChI is InChI=1S/C23H28F3N3O2S.ClH/c1-28(2)5-6-29(20(30)22-11-14-7-15(12-22)9-16(8-14)13-22)21-27-18-4-3-17(10-19(18)32-21)31-23(24,25)26;/h3-4,10,14-16H,5-9,11-13H2,1-2H3;1H. The molecule has 2 aromatic rings. The minimum Gasteiger partial charge on any atom is -0.406 e. The molecule has 4 saturated carbocycles. The summed E-state index contributed by atoms with van der Waals surface area (Å²) in [5.41, 5.74) is 0.274. The van der Waals surface area contributed by atoms with Crippen molar-refractivity contribution in [2.45, 2.75) is 44.9 Å². The van der Waals surface area contributed by atoms with Gasteiger partial charge in [-0.2, -0.15) is 0 Å². The quantitative estimate of drug-likeness (QED) is 0.505. The number of ether oxygens (including phenoxy) is 1. The molecule has 0 radical (unpaired) electrons. The maximum absolute atomic E-state index is 14.0. The second kappa shape index (κ2) is 8.89. The first kappa shape index (κ1) is 24.5. The Labute approximate surface area is 201 Å². The van der Waals surface area contributed by atoms with Gasteiger partial charge >= 0.3 is 6.36 Å². The second-order valence-electron chi connectivity index (χ2n) is 10.1. The first-order valence-electron chi connectivity index (χ1n) is 11.2. The first-order valence-corrected chi connectivity index (χ1v) is 12.0. The summed E-state index contributed by atoms with van der Waals surface area (Å²) in [6, 6.07) is 4.14. The lowest BCUT2D eigenvalue weighted by molar-refractivity contribution is -0.274. The van der Waals surface area contributed by atoms with E-state index in [9.17, 15) is 18.0 Å². The topological polar surface area (TPSA) is 45.7 Å². The summed E-state index contributed by atoms with van der Waals surface area (Å²) in [7, 11) is 3.93. The van der Waals surface area contributed by atoms with E-state index in [4.69, 9.17) is 0 Å². The Morgan fingerprint density at radius 2 is 1.73 bits per heavy atom. The van der Waals surface area contributed by atoms with Crippen LogP contribution in [0.5, 0.6) is 5.75 Å². The molecule has 4 aliphatic carbocycles. The van der Waals surface area contributed by atoms with Gasteiger partial charge in [0.25, 0.3) is 0 Å². The number of aromatic nitrogens is 1. The monoisotopic (exact) mass is 503 g/mol. The van der Waals surface area contributed by atoms with Crippen molar-refractivity contribution in [3.8, 4) is 5.75 Å². The van der Waals surface area contributed by atoms with Gasteiger partial charge in [0.05, 0.1) is 15.6 Å². The van der Waals surface area contributed by atoms with E-state index < -0.39 is 6.36 Å². The molecule has 1 aromatic carbocycles. The molecule has 0 unspecified atom stereocenters. The van der Waals surface area contributed by atoms with Crippen LogP contribution in [0, 0.1) is 23.2 Å². The average molecular weight is 504 g/mol. The number of halogens is 4. The summed E-state index contributed by atoms with van der Waals surface area (Å²) in [5.74, 6) is 1.84. The maximum Gasteiger partial charge on any atom is 0.573 e. The van der Waals surface area contributed by atoms with E-state index in [1.54, 1.807) is 0 Å². The summed E-state index contributed by atoms with van der Waals surface area (Å²) in [4.78, 5) is 22.5. The summed E-state index contributed by atoms with van der Waals surface area (Å²) in [5, 5.41) is 0.562. The predicted octanol–water partition coefficient (Wildman–Crippen LogP) is 5.73. The summed E-state index contributed by atoms with van der Waals surface area (Å²) < 4.78 is 42.5. The third-order valence-corrected chi connectivity index (χ3v) is 8.36. The van der Waals surface area contributed by atoms with Gasteiger partial charge < -0.3 is 9.64 Å². The fraction of sp³-hybridized carbons (Fsp3) is 0.652. The second-order valence-corrected chi connectivity index (χ2v) is 11.1. The highest BCUT2D eigenvalue weighted by Gasteiger charge is 2.56. The van der Waals surface area contributed by atoms with Crippen molar-refractivity contribution in [3.05, 3.63) is 18.2 Å². The maximum atomic E-state index is 14.0. The smallest absolute Gasteiger partial charge is 0.406 e. The summed E-state index contributed by atoms with van der Waals surface area (Å²) >= 11 is 1.26. The normalized spacial score (nSPS) is 28.2. The minimum absolute atomic E-state index is 0. The molecule has 4 fully saturated rings. The highest BCUT2D eigenvalue weighted by molar-refractivity contribution is 7.22. The average Bonchev–Trinajstić information content (AvgIpc) is 3.08. The molecule has 10 heteroatoms. The molecule has 1 amide bonds. The van der Waals surface area contributed by atoms with E-state index in [0.29, 0.717) is 46.2 Å². The Morgan fingerprint density at radius 1 is 1.12 bits per heavy atom. The van der Waals surface area contributed by atoms with Crippen LogP contribution in [0.4, 0.5) is 18.3 Å². The van der Waals surface area contributed by atoms with Crippen LogP contribution in [0.2, 0.25) is 0 Å². The van der Waals surface area contributed by atoms with Gasteiger partial charge in [-0.3, -0.25) is 9.69 Å².